The monoisotopic (exact) mass is 171 g/mol. The number of aldehydes is 1. The number of likely N-dealkylation sites (tertiary alicyclic amines) is 1. The molecule has 0 aromatic carbocycles. The van der Waals surface area contributed by atoms with Crippen LogP contribution in [-0.2, 0) is 9.59 Å². The molecule has 0 aromatic heterocycles. The maximum Gasteiger partial charge on any atom is 0.248 e. The molecule has 1 amide bonds. The van der Waals surface area contributed by atoms with Crippen LogP contribution in [0, 0.1) is 5.92 Å². The molecule has 0 radical (unpaired) electrons. The van der Waals surface area contributed by atoms with Crippen molar-refractivity contribution in [2.45, 2.75) is 12.8 Å². The minimum absolute atomic E-state index is 0.104. The fourth-order valence-electron chi connectivity index (χ4n) is 1.38. The van der Waals surface area contributed by atoms with E-state index in [0.717, 1.165) is 19.1 Å². The molecule has 0 aromatic rings. The topological polar surface area (TPSA) is 57.6 Å². The quantitative estimate of drug-likeness (QED) is 0.565. The van der Waals surface area contributed by atoms with Crippen molar-refractivity contribution in [1.29, 1.82) is 0 Å². The Morgan fingerprint density at radius 2 is 2.08 bits per heavy atom. The lowest BCUT2D eigenvalue weighted by molar-refractivity contribution is -0.136. The highest BCUT2D eigenvalue weighted by Crippen LogP contribution is 2.14. The molecule has 0 bridgehead atoms. The van der Waals surface area contributed by atoms with Crippen LogP contribution < -0.4 is 0 Å². The van der Waals surface area contributed by atoms with Gasteiger partial charge in [0.2, 0.25) is 5.91 Å². The van der Waals surface area contributed by atoms with Crippen LogP contribution >= 0.6 is 0 Å². The minimum atomic E-state index is -0.425. The summed E-state index contributed by atoms with van der Waals surface area (Å²) in [6, 6.07) is 0. The number of hydrogen-bond acceptors (Lipinski definition) is 3. The first-order valence-electron chi connectivity index (χ1n) is 4.12. The Labute approximate surface area is 71.2 Å². The van der Waals surface area contributed by atoms with E-state index in [1.807, 2.05) is 0 Å². The lowest BCUT2D eigenvalue weighted by Crippen LogP contribution is -2.40. The van der Waals surface area contributed by atoms with Gasteiger partial charge in [-0.05, 0) is 12.8 Å². The van der Waals surface area contributed by atoms with Crippen molar-refractivity contribution in [2.24, 2.45) is 5.92 Å². The molecule has 0 aliphatic carbocycles. The van der Waals surface area contributed by atoms with Gasteiger partial charge in [0, 0.05) is 19.0 Å². The molecule has 0 atom stereocenters. The Bertz CT molecular complexity index is 173. The van der Waals surface area contributed by atoms with E-state index in [9.17, 15) is 9.59 Å². The van der Waals surface area contributed by atoms with Gasteiger partial charge in [-0.15, -0.1) is 0 Å². The van der Waals surface area contributed by atoms with E-state index in [0.29, 0.717) is 13.1 Å². The van der Waals surface area contributed by atoms with E-state index in [1.165, 1.54) is 0 Å². The number of amides is 1. The van der Waals surface area contributed by atoms with Gasteiger partial charge in [0.05, 0.1) is 0 Å². The molecule has 4 nitrogen and oxygen atoms in total. The third-order valence-corrected chi connectivity index (χ3v) is 2.22. The third-order valence-electron chi connectivity index (χ3n) is 2.22. The fraction of sp³-hybridized carbons (Fsp3) is 0.750. The number of carbonyl (C=O) groups excluding carboxylic acids is 2. The number of nitrogens with zero attached hydrogens (tertiary/aromatic N) is 1. The smallest absolute Gasteiger partial charge is 0.248 e. The molecule has 0 unspecified atom stereocenters. The highest BCUT2D eigenvalue weighted by atomic mass is 16.3. The zero-order valence-electron chi connectivity index (χ0n) is 6.90. The van der Waals surface area contributed by atoms with E-state index < -0.39 is 6.61 Å². The first-order valence-corrected chi connectivity index (χ1v) is 4.12. The molecule has 1 saturated heterocycles. The van der Waals surface area contributed by atoms with Crippen LogP contribution in [0.25, 0.3) is 0 Å². The van der Waals surface area contributed by atoms with Crippen LogP contribution in [0.2, 0.25) is 0 Å². The van der Waals surface area contributed by atoms with Crippen LogP contribution in [0.1, 0.15) is 12.8 Å². The highest BCUT2D eigenvalue weighted by molar-refractivity contribution is 5.77. The van der Waals surface area contributed by atoms with Crippen molar-refractivity contribution in [3.63, 3.8) is 0 Å². The van der Waals surface area contributed by atoms with Crippen molar-refractivity contribution in [1.82, 2.24) is 4.90 Å². The lowest BCUT2D eigenvalue weighted by Gasteiger charge is -2.28. The average molecular weight is 171 g/mol. The molecule has 1 fully saturated rings. The van der Waals surface area contributed by atoms with E-state index in [2.05, 4.69) is 0 Å². The van der Waals surface area contributed by atoms with E-state index >= 15 is 0 Å². The van der Waals surface area contributed by atoms with Gasteiger partial charge in [0.1, 0.15) is 12.9 Å². The summed E-state index contributed by atoms with van der Waals surface area (Å²) >= 11 is 0. The van der Waals surface area contributed by atoms with Crippen LogP contribution in [0.15, 0.2) is 0 Å². The van der Waals surface area contributed by atoms with Crippen molar-refractivity contribution in [3.05, 3.63) is 0 Å². The molecule has 0 spiro atoms. The van der Waals surface area contributed by atoms with Gasteiger partial charge in [0.25, 0.3) is 0 Å². The molecular formula is C8H13NO3. The summed E-state index contributed by atoms with van der Waals surface area (Å²) in [6.07, 6.45) is 2.41. The number of aliphatic hydroxyl groups is 1. The molecule has 1 N–H and O–H groups in total. The predicted octanol–water partition coefficient (Wildman–Crippen LogP) is -0.584. The summed E-state index contributed by atoms with van der Waals surface area (Å²) < 4.78 is 0. The average Bonchev–Trinajstić information content (AvgIpc) is 2.17. The van der Waals surface area contributed by atoms with E-state index in [1.54, 1.807) is 4.90 Å². The second-order valence-electron chi connectivity index (χ2n) is 3.01. The largest absolute Gasteiger partial charge is 0.387 e. The molecule has 0 saturated carbocycles. The molecule has 1 aliphatic rings. The number of hydrogen-bond donors (Lipinski definition) is 1. The second-order valence-corrected chi connectivity index (χ2v) is 3.01. The summed E-state index contributed by atoms with van der Waals surface area (Å²) in [4.78, 5) is 22.9. The van der Waals surface area contributed by atoms with Gasteiger partial charge < -0.3 is 14.8 Å². The highest BCUT2D eigenvalue weighted by Gasteiger charge is 2.21. The molecule has 1 aliphatic heterocycles. The summed E-state index contributed by atoms with van der Waals surface area (Å²) in [5, 5.41) is 8.55. The van der Waals surface area contributed by atoms with Crippen molar-refractivity contribution in [2.75, 3.05) is 19.7 Å². The SMILES string of the molecule is O=CC1CCN(C(=O)CO)CC1. The first-order chi connectivity index (χ1) is 5.77. The Hall–Kier alpha value is -0.900. The first kappa shape index (κ1) is 9.19. The van der Waals surface area contributed by atoms with Gasteiger partial charge in [-0.25, -0.2) is 0 Å². The van der Waals surface area contributed by atoms with E-state index in [4.69, 9.17) is 5.11 Å². The van der Waals surface area contributed by atoms with Crippen LogP contribution in [0.3, 0.4) is 0 Å². The molecule has 1 heterocycles. The van der Waals surface area contributed by atoms with Crippen molar-refractivity contribution in [3.8, 4) is 0 Å². The fourth-order valence-corrected chi connectivity index (χ4v) is 1.38. The predicted molar refractivity (Wildman–Crippen MR) is 42.5 cm³/mol. The zero-order chi connectivity index (χ0) is 8.97. The van der Waals surface area contributed by atoms with E-state index in [-0.39, 0.29) is 11.8 Å². The normalized spacial score (nSPS) is 19.2. The van der Waals surface area contributed by atoms with Gasteiger partial charge in [-0.1, -0.05) is 0 Å². The van der Waals surface area contributed by atoms with Crippen LogP contribution in [-0.4, -0.2) is 41.9 Å². The Morgan fingerprint density at radius 3 is 2.50 bits per heavy atom. The molecular weight excluding hydrogens is 158 g/mol. The number of carbonyl (C=O) groups is 2. The maximum atomic E-state index is 10.9. The lowest BCUT2D eigenvalue weighted by atomic mass is 9.99. The Balaban J connectivity index is 2.35. The zero-order valence-corrected chi connectivity index (χ0v) is 6.90. The van der Waals surface area contributed by atoms with Gasteiger partial charge in [-0.2, -0.15) is 0 Å². The van der Waals surface area contributed by atoms with Gasteiger partial charge in [0.15, 0.2) is 0 Å². The van der Waals surface area contributed by atoms with Crippen LogP contribution in [0.4, 0.5) is 0 Å². The van der Waals surface area contributed by atoms with Gasteiger partial charge in [-0.3, -0.25) is 4.79 Å². The minimum Gasteiger partial charge on any atom is -0.387 e. The second kappa shape index (κ2) is 4.21. The standard InChI is InChI=1S/C8H13NO3/c10-5-7-1-3-9(4-2-7)8(12)6-11/h5,7,11H,1-4,6H2. The Morgan fingerprint density at radius 1 is 1.50 bits per heavy atom. The Kier molecular flexibility index (Phi) is 3.22. The molecule has 4 heteroatoms. The number of piperidine rings is 1. The van der Waals surface area contributed by atoms with Gasteiger partial charge >= 0.3 is 0 Å². The third kappa shape index (κ3) is 2.04. The van der Waals surface area contributed by atoms with Crippen LogP contribution in [0.5, 0.6) is 0 Å². The summed E-state index contributed by atoms with van der Waals surface area (Å²) in [6.45, 7) is 0.775. The summed E-state index contributed by atoms with van der Waals surface area (Å²) in [7, 11) is 0. The summed E-state index contributed by atoms with van der Waals surface area (Å²) in [5.74, 6) is -0.132. The maximum absolute atomic E-state index is 10.9. The van der Waals surface area contributed by atoms with Crippen molar-refractivity contribution < 1.29 is 14.7 Å². The molecule has 1 rings (SSSR count). The molecule has 12 heavy (non-hydrogen) atoms. The molecule has 68 valence electrons. The number of rotatable bonds is 2. The van der Waals surface area contributed by atoms with Crippen molar-refractivity contribution >= 4 is 12.2 Å². The number of aliphatic hydroxyl groups excluding tert-OH is 1. The summed E-state index contributed by atoms with van der Waals surface area (Å²) in [5.41, 5.74) is 0.